The van der Waals surface area contributed by atoms with Crippen LogP contribution in [0, 0.1) is 17.2 Å². The van der Waals surface area contributed by atoms with Crippen LogP contribution in [0.3, 0.4) is 0 Å². The minimum absolute atomic E-state index is 0.312. The second-order valence-corrected chi connectivity index (χ2v) is 3.98. The summed E-state index contributed by atoms with van der Waals surface area (Å²) in [6.45, 7) is 1.87. The summed E-state index contributed by atoms with van der Waals surface area (Å²) in [6, 6.07) is 2.99. The summed E-state index contributed by atoms with van der Waals surface area (Å²) >= 11 is 0. The van der Waals surface area contributed by atoms with Crippen molar-refractivity contribution in [1.82, 2.24) is 5.32 Å². The number of ether oxygens (including phenoxy) is 1. The molecular formula is C11H20N2O. The second kappa shape index (κ2) is 6.80. The maximum Gasteiger partial charge on any atom is 0.0655 e. The van der Waals surface area contributed by atoms with E-state index in [0.29, 0.717) is 12.0 Å². The zero-order chi connectivity index (χ0) is 10.2. The van der Waals surface area contributed by atoms with Crippen molar-refractivity contribution in [2.45, 2.75) is 38.1 Å². The molecule has 0 aromatic heterocycles. The van der Waals surface area contributed by atoms with Gasteiger partial charge in [0.2, 0.25) is 0 Å². The van der Waals surface area contributed by atoms with Crippen molar-refractivity contribution >= 4 is 0 Å². The van der Waals surface area contributed by atoms with Gasteiger partial charge in [0.25, 0.3) is 0 Å². The molecule has 1 rings (SSSR count). The zero-order valence-electron chi connectivity index (χ0n) is 8.96. The lowest BCUT2D eigenvalue weighted by molar-refractivity contribution is 0.191. The number of nitrogens with zero attached hydrogens (tertiary/aromatic N) is 1. The molecule has 14 heavy (non-hydrogen) atoms. The average molecular weight is 196 g/mol. The van der Waals surface area contributed by atoms with Crippen LogP contribution in [0.5, 0.6) is 0 Å². The van der Waals surface area contributed by atoms with Crippen molar-refractivity contribution in [2.75, 3.05) is 20.3 Å². The van der Waals surface area contributed by atoms with Crippen LogP contribution in [-0.2, 0) is 4.74 Å². The number of hydrogen-bond donors (Lipinski definition) is 1. The Morgan fingerprint density at radius 1 is 1.36 bits per heavy atom. The highest BCUT2D eigenvalue weighted by Crippen LogP contribution is 2.23. The predicted octanol–water partition coefficient (Wildman–Crippen LogP) is 1.69. The van der Waals surface area contributed by atoms with Crippen LogP contribution in [0.2, 0.25) is 0 Å². The smallest absolute Gasteiger partial charge is 0.0655 e. The SMILES string of the molecule is COCCCNC1CCC(C#N)CC1. The lowest BCUT2D eigenvalue weighted by Crippen LogP contribution is -2.33. The van der Waals surface area contributed by atoms with Gasteiger partial charge in [0, 0.05) is 25.7 Å². The Labute approximate surface area is 86.4 Å². The lowest BCUT2D eigenvalue weighted by atomic mass is 9.87. The molecule has 0 aliphatic heterocycles. The number of nitrogens with one attached hydrogen (secondary N) is 1. The van der Waals surface area contributed by atoms with E-state index < -0.39 is 0 Å². The second-order valence-electron chi connectivity index (χ2n) is 3.98. The molecule has 3 nitrogen and oxygen atoms in total. The quantitative estimate of drug-likeness (QED) is 0.681. The van der Waals surface area contributed by atoms with Crippen molar-refractivity contribution < 1.29 is 4.74 Å². The van der Waals surface area contributed by atoms with Gasteiger partial charge in [-0.1, -0.05) is 0 Å². The molecule has 80 valence electrons. The van der Waals surface area contributed by atoms with Gasteiger partial charge in [-0.2, -0.15) is 5.26 Å². The molecule has 1 aliphatic rings. The highest BCUT2D eigenvalue weighted by molar-refractivity contribution is 4.88. The summed E-state index contributed by atoms with van der Waals surface area (Å²) < 4.78 is 4.98. The zero-order valence-corrected chi connectivity index (χ0v) is 8.96. The molecule has 0 saturated heterocycles. The summed E-state index contributed by atoms with van der Waals surface area (Å²) in [5.74, 6) is 0.312. The molecule has 0 spiro atoms. The minimum Gasteiger partial charge on any atom is -0.385 e. The van der Waals surface area contributed by atoms with Gasteiger partial charge in [-0.15, -0.1) is 0 Å². The van der Waals surface area contributed by atoms with Gasteiger partial charge in [-0.05, 0) is 38.6 Å². The van der Waals surface area contributed by atoms with Crippen molar-refractivity contribution in [2.24, 2.45) is 5.92 Å². The first kappa shape index (κ1) is 11.5. The van der Waals surface area contributed by atoms with E-state index in [2.05, 4.69) is 11.4 Å². The predicted molar refractivity (Wildman–Crippen MR) is 55.9 cm³/mol. The fourth-order valence-electron chi connectivity index (χ4n) is 1.95. The third kappa shape index (κ3) is 4.08. The highest BCUT2D eigenvalue weighted by atomic mass is 16.5. The fraction of sp³-hybridized carbons (Fsp3) is 0.909. The van der Waals surface area contributed by atoms with Crippen LogP contribution in [0.1, 0.15) is 32.1 Å². The van der Waals surface area contributed by atoms with Gasteiger partial charge >= 0.3 is 0 Å². The highest BCUT2D eigenvalue weighted by Gasteiger charge is 2.19. The molecule has 0 amide bonds. The molecule has 1 fully saturated rings. The molecule has 0 bridgehead atoms. The van der Waals surface area contributed by atoms with E-state index >= 15 is 0 Å². The molecule has 1 saturated carbocycles. The number of nitriles is 1. The number of rotatable bonds is 5. The molecule has 0 aromatic carbocycles. The molecule has 0 radical (unpaired) electrons. The van der Waals surface area contributed by atoms with Crippen molar-refractivity contribution in [3.8, 4) is 6.07 Å². The molecule has 1 aliphatic carbocycles. The standard InChI is InChI=1S/C11H20N2O/c1-14-8-2-7-13-11-5-3-10(9-12)4-6-11/h10-11,13H,2-8H2,1H3. The first-order valence-corrected chi connectivity index (χ1v) is 5.48. The third-order valence-corrected chi connectivity index (χ3v) is 2.87. The van der Waals surface area contributed by atoms with Crippen molar-refractivity contribution in [1.29, 1.82) is 5.26 Å². The van der Waals surface area contributed by atoms with E-state index in [9.17, 15) is 0 Å². The lowest BCUT2D eigenvalue weighted by Gasteiger charge is -2.25. The minimum atomic E-state index is 0.312. The Hall–Kier alpha value is -0.590. The largest absolute Gasteiger partial charge is 0.385 e. The van der Waals surface area contributed by atoms with E-state index in [1.807, 2.05) is 0 Å². The van der Waals surface area contributed by atoms with E-state index in [-0.39, 0.29) is 0 Å². The van der Waals surface area contributed by atoms with Crippen molar-refractivity contribution in [3.05, 3.63) is 0 Å². The Balaban J connectivity index is 2.02. The Kier molecular flexibility index (Phi) is 5.58. The molecular weight excluding hydrogens is 176 g/mol. The molecule has 0 unspecified atom stereocenters. The Morgan fingerprint density at radius 2 is 2.07 bits per heavy atom. The fourth-order valence-corrected chi connectivity index (χ4v) is 1.95. The normalized spacial score (nSPS) is 27.1. The topological polar surface area (TPSA) is 45.0 Å². The van der Waals surface area contributed by atoms with Crippen LogP contribution in [-0.4, -0.2) is 26.3 Å². The van der Waals surface area contributed by atoms with Crippen LogP contribution in [0.4, 0.5) is 0 Å². The summed E-state index contributed by atoms with van der Waals surface area (Å²) in [4.78, 5) is 0. The van der Waals surface area contributed by atoms with Gasteiger partial charge in [0.1, 0.15) is 0 Å². The van der Waals surface area contributed by atoms with Crippen LogP contribution < -0.4 is 5.32 Å². The van der Waals surface area contributed by atoms with Gasteiger partial charge in [0.15, 0.2) is 0 Å². The van der Waals surface area contributed by atoms with Gasteiger partial charge in [0.05, 0.1) is 6.07 Å². The number of methoxy groups -OCH3 is 1. The van der Waals surface area contributed by atoms with E-state index in [0.717, 1.165) is 45.3 Å². The molecule has 3 heteroatoms. The van der Waals surface area contributed by atoms with Crippen LogP contribution in [0.15, 0.2) is 0 Å². The van der Waals surface area contributed by atoms with Crippen LogP contribution in [0.25, 0.3) is 0 Å². The monoisotopic (exact) mass is 196 g/mol. The molecule has 0 atom stereocenters. The van der Waals surface area contributed by atoms with E-state index in [1.54, 1.807) is 7.11 Å². The first-order valence-electron chi connectivity index (χ1n) is 5.48. The molecule has 1 N–H and O–H groups in total. The van der Waals surface area contributed by atoms with Crippen molar-refractivity contribution in [3.63, 3.8) is 0 Å². The summed E-state index contributed by atoms with van der Waals surface area (Å²) in [5, 5.41) is 12.2. The summed E-state index contributed by atoms with van der Waals surface area (Å²) in [5.41, 5.74) is 0. The van der Waals surface area contributed by atoms with Gasteiger partial charge in [-0.3, -0.25) is 0 Å². The van der Waals surface area contributed by atoms with Gasteiger partial charge < -0.3 is 10.1 Å². The third-order valence-electron chi connectivity index (χ3n) is 2.87. The van der Waals surface area contributed by atoms with Gasteiger partial charge in [-0.25, -0.2) is 0 Å². The number of hydrogen-bond acceptors (Lipinski definition) is 3. The van der Waals surface area contributed by atoms with Crippen LogP contribution >= 0.6 is 0 Å². The maximum atomic E-state index is 8.74. The van der Waals surface area contributed by atoms with E-state index in [1.165, 1.54) is 0 Å². The summed E-state index contributed by atoms with van der Waals surface area (Å²) in [6.07, 6.45) is 5.53. The molecule has 0 heterocycles. The molecule has 0 aromatic rings. The first-order chi connectivity index (χ1) is 6.86. The Bertz CT molecular complexity index is 180. The maximum absolute atomic E-state index is 8.74. The Morgan fingerprint density at radius 3 is 2.64 bits per heavy atom. The van der Waals surface area contributed by atoms with E-state index in [4.69, 9.17) is 10.00 Å². The summed E-state index contributed by atoms with van der Waals surface area (Å²) in [7, 11) is 1.73. The average Bonchev–Trinajstić information content (AvgIpc) is 2.25.